The molecular weight excluding hydrogens is 280 g/mol. The summed E-state index contributed by atoms with van der Waals surface area (Å²) in [5, 5.41) is 10.7. The molecule has 3 rings (SSSR count). The van der Waals surface area contributed by atoms with Gasteiger partial charge >= 0.3 is 0 Å². The first-order chi connectivity index (χ1) is 10.6. The van der Waals surface area contributed by atoms with Crippen molar-refractivity contribution in [2.24, 2.45) is 0 Å². The summed E-state index contributed by atoms with van der Waals surface area (Å²) >= 11 is 0. The van der Waals surface area contributed by atoms with Gasteiger partial charge in [0.2, 0.25) is 5.75 Å². The van der Waals surface area contributed by atoms with Crippen LogP contribution in [0.15, 0.2) is 42.5 Å². The van der Waals surface area contributed by atoms with E-state index in [2.05, 4.69) is 19.9 Å². The first kappa shape index (κ1) is 14.3. The molecule has 1 aliphatic rings. The highest BCUT2D eigenvalue weighted by molar-refractivity contribution is 5.77. The van der Waals surface area contributed by atoms with E-state index in [1.54, 1.807) is 12.1 Å². The maximum atomic E-state index is 10.7. The molecule has 1 heterocycles. The van der Waals surface area contributed by atoms with Crippen molar-refractivity contribution < 1.29 is 14.2 Å². The lowest BCUT2D eigenvalue weighted by atomic mass is 10.0. The van der Waals surface area contributed by atoms with Crippen LogP contribution in [0, 0.1) is 10.1 Å². The molecule has 0 unspecified atom stereocenters. The Bertz CT molecular complexity index is 749. The second kappa shape index (κ2) is 5.60. The Hall–Kier alpha value is -2.69. The number of nitro benzene ring substituents is 1. The van der Waals surface area contributed by atoms with Gasteiger partial charge in [0.05, 0.1) is 4.92 Å². The minimum Gasteiger partial charge on any atom is -0.429 e. The predicted molar refractivity (Wildman–Crippen MR) is 84.2 cm³/mol. The third-order valence-electron chi connectivity index (χ3n) is 3.71. The maximum absolute atomic E-state index is 10.7. The number of hydrogen-bond donors (Lipinski definition) is 0. The molecule has 0 spiro atoms. The van der Waals surface area contributed by atoms with Crippen molar-refractivity contribution in [1.29, 1.82) is 0 Å². The molecule has 0 saturated heterocycles. The van der Waals surface area contributed by atoms with E-state index in [1.807, 2.05) is 22.9 Å². The van der Waals surface area contributed by atoms with Gasteiger partial charge in [-0.1, -0.05) is 26.0 Å². The number of ether oxygens (including phenoxy) is 1. The molecule has 0 aliphatic carbocycles. The zero-order chi connectivity index (χ0) is 15.7. The van der Waals surface area contributed by atoms with Crippen LogP contribution in [-0.4, -0.2) is 22.4 Å². The number of benzene rings is 2. The zero-order valence-electron chi connectivity index (χ0n) is 12.5. The molecule has 2 aromatic rings. The smallest absolute Gasteiger partial charge is 0.293 e. The summed E-state index contributed by atoms with van der Waals surface area (Å²) in [7, 11) is 0. The monoisotopic (exact) mass is 297 g/mol. The van der Waals surface area contributed by atoms with Crippen LogP contribution in [0.2, 0.25) is 0 Å². The highest BCUT2D eigenvalue weighted by atomic mass is 16.6. The van der Waals surface area contributed by atoms with Crippen molar-refractivity contribution in [3.05, 3.63) is 63.7 Å². The Morgan fingerprint density at radius 1 is 1.23 bits per heavy atom. The first-order valence-corrected chi connectivity index (χ1v) is 7.18. The highest BCUT2D eigenvalue weighted by Gasteiger charge is 2.28. The summed E-state index contributed by atoms with van der Waals surface area (Å²) < 4.78 is 7.84. The summed E-state index contributed by atoms with van der Waals surface area (Å²) in [6.45, 7) is 4.74. The Kier molecular flexibility index (Phi) is 3.63. The Balaban J connectivity index is 1.96. The molecule has 112 valence electrons. The summed E-state index contributed by atoms with van der Waals surface area (Å²) in [4.78, 5) is 10.3. The molecule has 0 N–H and O–H groups in total. The Morgan fingerprint density at radius 2 is 1.95 bits per heavy atom. The zero-order valence-corrected chi connectivity index (χ0v) is 12.5. The van der Waals surface area contributed by atoms with E-state index in [0.29, 0.717) is 12.6 Å². The van der Waals surface area contributed by atoms with Crippen molar-refractivity contribution in [2.75, 3.05) is 6.73 Å². The van der Waals surface area contributed by atoms with Crippen LogP contribution < -0.4 is 4.74 Å². The van der Waals surface area contributed by atoms with Crippen molar-refractivity contribution >= 4 is 17.6 Å². The van der Waals surface area contributed by atoms with E-state index in [-0.39, 0.29) is 5.69 Å². The second-order valence-electron chi connectivity index (χ2n) is 5.57. The van der Waals surface area contributed by atoms with Crippen LogP contribution in [0.4, 0.5) is 11.4 Å². The average molecular weight is 297 g/mol. The molecule has 0 amide bonds. The third kappa shape index (κ3) is 2.57. The van der Waals surface area contributed by atoms with E-state index in [1.165, 1.54) is 17.7 Å². The average Bonchev–Trinajstić information content (AvgIpc) is 2.91. The largest absolute Gasteiger partial charge is 0.429 e. The molecule has 5 heteroatoms. The van der Waals surface area contributed by atoms with Gasteiger partial charge in [-0.15, -0.1) is 0 Å². The first-order valence-electron chi connectivity index (χ1n) is 7.18. The van der Waals surface area contributed by atoms with Gasteiger partial charge in [0.1, 0.15) is 0 Å². The van der Waals surface area contributed by atoms with E-state index < -0.39 is 4.92 Å². The molecule has 5 nitrogen and oxygen atoms in total. The van der Waals surface area contributed by atoms with E-state index in [9.17, 15) is 10.1 Å². The summed E-state index contributed by atoms with van der Waals surface area (Å²) in [6.07, 6.45) is 1.94. The fourth-order valence-corrected chi connectivity index (χ4v) is 2.55. The fraction of sp³-hybridized carbons (Fsp3) is 0.235. The van der Waals surface area contributed by atoms with Crippen LogP contribution in [-0.2, 0) is 0 Å². The second-order valence-corrected chi connectivity index (χ2v) is 5.57. The van der Waals surface area contributed by atoms with Gasteiger partial charge in [0, 0.05) is 29.3 Å². The fourth-order valence-electron chi connectivity index (χ4n) is 2.55. The molecule has 2 aromatic carbocycles. The summed E-state index contributed by atoms with van der Waals surface area (Å²) in [6, 6.07) is 12.6. The third-order valence-corrected chi connectivity index (χ3v) is 3.71. The minimum atomic E-state index is -0.396. The van der Waals surface area contributed by atoms with Gasteiger partial charge in [-0.25, -0.2) is 0 Å². The van der Waals surface area contributed by atoms with Crippen LogP contribution in [0.3, 0.4) is 0 Å². The number of hydrogen-bond acceptors (Lipinski definition) is 3. The van der Waals surface area contributed by atoms with E-state index >= 15 is 0 Å². The normalized spacial score (nSPS) is 15.0. The summed E-state index contributed by atoms with van der Waals surface area (Å²) in [5.74, 6) is 1.32. The maximum Gasteiger partial charge on any atom is 0.293 e. The molecular formula is C17H17N2O3+. The molecule has 0 fully saturated rings. The van der Waals surface area contributed by atoms with Crippen LogP contribution in [0.25, 0.3) is 0 Å². The van der Waals surface area contributed by atoms with Crippen LogP contribution >= 0.6 is 0 Å². The van der Waals surface area contributed by atoms with Gasteiger partial charge in [-0.3, -0.25) is 10.1 Å². The number of para-hydroxylation sites is 1. The molecule has 0 bridgehead atoms. The number of non-ortho nitro benzene ring substituents is 1. The Morgan fingerprint density at radius 3 is 2.59 bits per heavy atom. The molecule has 0 saturated carbocycles. The topological polar surface area (TPSA) is 55.4 Å². The SMILES string of the molecule is CC(C)c1cccc2c1OC/[N+]2=C/c1ccc([N+](=O)[O-])cc1. The van der Waals surface area contributed by atoms with Crippen molar-refractivity contribution in [3.8, 4) is 5.75 Å². The van der Waals surface area contributed by atoms with Gasteiger partial charge in [-0.05, 0) is 18.1 Å². The molecule has 0 atom stereocenters. The lowest BCUT2D eigenvalue weighted by Gasteiger charge is -2.06. The number of fused-ring (bicyclic) bond motifs is 1. The van der Waals surface area contributed by atoms with Crippen molar-refractivity contribution in [3.63, 3.8) is 0 Å². The van der Waals surface area contributed by atoms with Gasteiger partial charge in [0.15, 0.2) is 6.21 Å². The lowest BCUT2D eigenvalue weighted by Crippen LogP contribution is -2.07. The molecule has 22 heavy (non-hydrogen) atoms. The van der Waals surface area contributed by atoms with Gasteiger partial charge in [0.25, 0.3) is 18.1 Å². The number of rotatable bonds is 3. The standard InChI is InChI=1S/C17H17N2O3/c1-12(2)15-4-3-5-16-17(15)22-11-18(16)10-13-6-8-14(9-7-13)19(20)21/h3-10,12H,11H2,1-2H3/q+1/b18-10-. The summed E-state index contributed by atoms with van der Waals surface area (Å²) in [5.41, 5.74) is 3.22. The number of nitro groups is 1. The lowest BCUT2D eigenvalue weighted by molar-refractivity contribution is -0.452. The predicted octanol–water partition coefficient (Wildman–Crippen LogP) is 3.83. The highest BCUT2D eigenvalue weighted by Crippen LogP contribution is 2.39. The van der Waals surface area contributed by atoms with Crippen LogP contribution in [0.1, 0.15) is 30.9 Å². The van der Waals surface area contributed by atoms with E-state index in [4.69, 9.17) is 4.74 Å². The molecule has 1 aliphatic heterocycles. The van der Waals surface area contributed by atoms with E-state index in [0.717, 1.165) is 17.0 Å². The quantitative estimate of drug-likeness (QED) is 0.491. The minimum absolute atomic E-state index is 0.0947. The Labute approximate surface area is 128 Å². The van der Waals surface area contributed by atoms with Gasteiger partial charge in [-0.2, -0.15) is 4.58 Å². The van der Waals surface area contributed by atoms with Crippen molar-refractivity contribution in [2.45, 2.75) is 19.8 Å². The van der Waals surface area contributed by atoms with Crippen molar-refractivity contribution in [1.82, 2.24) is 0 Å². The van der Waals surface area contributed by atoms with Gasteiger partial charge < -0.3 is 4.74 Å². The van der Waals surface area contributed by atoms with Crippen LogP contribution in [0.5, 0.6) is 5.75 Å². The molecule has 0 radical (unpaired) electrons. The molecule has 0 aromatic heterocycles. The number of nitrogens with zero attached hydrogens (tertiary/aromatic N) is 2.